The van der Waals surface area contributed by atoms with Crippen molar-refractivity contribution in [3.05, 3.63) is 0 Å². The van der Waals surface area contributed by atoms with Gasteiger partial charge in [-0.1, -0.05) is 12.8 Å². The smallest absolute Gasteiger partial charge is 0.0673 e. The summed E-state index contributed by atoms with van der Waals surface area (Å²) in [4.78, 5) is 2.59. The maximum atomic E-state index is 5.63. The summed E-state index contributed by atoms with van der Waals surface area (Å²) in [5.41, 5.74) is 0.449. The largest absolute Gasteiger partial charge is 0.377 e. The summed E-state index contributed by atoms with van der Waals surface area (Å²) in [7, 11) is 0. The van der Waals surface area contributed by atoms with Crippen LogP contribution in [0.4, 0.5) is 0 Å². The number of hydrogen-bond acceptors (Lipinski definition) is 3. The molecule has 1 saturated heterocycles. The first kappa shape index (κ1) is 12.3. The van der Waals surface area contributed by atoms with E-state index in [4.69, 9.17) is 4.74 Å². The molecule has 16 heavy (non-hydrogen) atoms. The monoisotopic (exact) mass is 226 g/mol. The number of rotatable bonds is 4. The lowest BCUT2D eigenvalue weighted by Crippen LogP contribution is -2.59. The van der Waals surface area contributed by atoms with Gasteiger partial charge in [0.05, 0.1) is 6.10 Å². The molecule has 1 aliphatic heterocycles. The molecule has 1 aliphatic carbocycles. The number of nitrogens with one attached hydrogen (secondary N) is 1. The molecule has 1 spiro atoms. The lowest BCUT2D eigenvalue weighted by Gasteiger charge is -2.42. The fourth-order valence-electron chi connectivity index (χ4n) is 3.29. The predicted octanol–water partition coefficient (Wildman–Crippen LogP) is 1.63. The average molecular weight is 226 g/mol. The van der Waals surface area contributed by atoms with E-state index < -0.39 is 0 Å². The van der Waals surface area contributed by atoms with Gasteiger partial charge in [0.15, 0.2) is 0 Å². The van der Waals surface area contributed by atoms with Gasteiger partial charge in [-0.3, -0.25) is 4.90 Å². The van der Waals surface area contributed by atoms with Gasteiger partial charge in [0.1, 0.15) is 0 Å². The van der Waals surface area contributed by atoms with Crippen LogP contribution in [0.1, 0.15) is 39.5 Å². The number of ether oxygens (including phenoxy) is 1. The molecule has 2 fully saturated rings. The van der Waals surface area contributed by atoms with Crippen molar-refractivity contribution in [1.29, 1.82) is 0 Å². The van der Waals surface area contributed by atoms with Gasteiger partial charge in [0.25, 0.3) is 0 Å². The van der Waals surface area contributed by atoms with Crippen molar-refractivity contribution in [2.24, 2.45) is 0 Å². The summed E-state index contributed by atoms with van der Waals surface area (Å²) in [6, 6.07) is 0. The van der Waals surface area contributed by atoms with Crippen LogP contribution in [0.5, 0.6) is 0 Å². The van der Waals surface area contributed by atoms with Crippen LogP contribution in [0.2, 0.25) is 0 Å². The first-order chi connectivity index (χ1) is 7.74. The van der Waals surface area contributed by atoms with E-state index in [1.807, 2.05) is 0 Å². The van der Waals surface area contributed by atoms with Crippen molar-refractivity contribution in [2.75, 3.05) is 32.8 Å². The lowest BCUT2D eigenvalue weighted by atomic mass is 9.94. The summed E-state index contributed by atoms with van der Waals surface area (Å²) < 4.78 is 5.63. The third-order valence-corrected chi connectivity index (χ3v) is 3.98. The second-order valence-electron chi connectivity index (χ2n) is 5.42. The molecular weight excluding hydrogens is 200 g/mol. The van der Waals surface area contributed by atoms with Crippen LogP contribution in [0, 0.1) is 0 Å². The highest BCUT2D eigenvalue weighted by Crippen LogP contribution is 2.31. The van der Waals surface area contributed by atoms with E-state index in [9.17, 15) is 0 Å². The zero-order valence-corrected chi connectivity index (χ0v) is 10.8. The zero-order chi connectivity index (χ0) is 11.4. The molecule has 1 saturated carbocycles. The summed E-state index contributed by atoms with van der Waals surface area (Å²) in [5, 5.41) is 3.75. The lowest BCUT2D eigenvalue weighted by molar-refractivity contribution is 0.0276. The van der Waals surface area contributed by atoms with E-state index in [1.54, 1.807) is 0 Å². The Morgan fingerprint density at radius 2 is 2.12 bits per heavy atom. The maximum Gasteiger partial charge on any atom is 0.0673 e. The third-order valence-electron chi connectivity index (χ3n) is 3.98. The van der Waals surface area contributed by atoms with Crippen molar-refractivity contribution in [2.45, 2.75) is 51.2 Å². The van der Waals surface area contributed by atoms with Gasteiger partial charge in [-0.15, -0.1) is 0 Å². The minimum absolute atomic E-state index is 0.376. The first-order valence-electron chi connectivity index (χ1n) is 6.83. The Labute approximate surface area is 99.5 Å². The van der Waals surface area contributed by atoms with Crippen molar-refractivity contribution in [3.8, 4) is 0 Å². The van der Waals surface area contributed by atoms with Crippen LogP contribution in [0.25, 0.3) is 0 Å². The molecule has 1 heterocycles. The van der Waals surface area contributed by atoms with Crippen LogP contribution < -0.4 is 5.32 Å². The summed E-state index contributed by atoms with van der Waals surface area (Å²) in [6.07, 6.45) is 5.92. The Kier molecular flexibility index (Phi) is 4.22. The van der Waals surface area contributed by atoms with Gasteiger partial charge in [0, 0.05) is 38.3 Å². The number of hydrogen-bond donors (Lipinski definition) is 1. The minimum Gasteiger partial charge on any atom is -0.377 e. The van der Waals surface area contributed by atoms with Crippen molar-refractivity contribution in [1.82, 2.24) is 10.2 Å². The molecule has 0 aromatic rings. The second kappa shape index (κ2) is 5.48. The highest BCUT2D eigenvalue weighted by molar-refractivity contribution is 4.98. The van der Waals surface area contributed by atoms with Crippen LogP contribution in [0.15, 0.2) is 0 Å². The van der Waals surface area contributed by atoms with Crippen molar-refractivity contribution in [3.63, 3.8) is 0 Å². The van der Waals surface area contributed by atoms with Gasteiger partial charge < -0.3 is 10.1 Å². The van der Waals surface area contributed by atoms with Gasteiger partial charge >= 0.3 is 0 Å². The maximum absolute atomic E-state index is 5.63. The van der Waals surface area contributed by atoms with Crippen molar-refractivity contribution < 1.29 is 4.74 Å². The number of piperazine rings is 1. The normalized spacial score (nSPS) is 27.4. The molecule has 2 rings (SSSR count). The molecule has 1 N–H and O–H groups in total. The molecule has 1 unspecified atom stereocenters. The summed E-state index contributed by atoms with van der Waals surface area (Å²) in [5.74, 6) is 0. The minimum atomic E-state index is 0.376. The SMILES string of the molecule is CCOC(C)CN1CCNC2(CCCC2)C1. The number of nitrogens with zero attached hydrogens (tertiary/aromatic N) is 1. The Hall–Kier alpha value is -0.120. The van der Waals surface area contributed by atoms with Crippen LogP contribution in [-0.2, 0) is 4.74 Å². The van der Waals surface area contributed by atoms with E-state index in [-0.39, 0.29) is 0 Å². The molecule has 0 amide bonds. The highest BCUT2D eigenvalue weighted by atomic mass is 16.5. The van der Waals surface area contributed by atoms with Crippen LogP contribution in [0.3, 0.4) is 0 Å². The molecule has 3 nitrogen and oxygen atoms in total. The van der Waals surface area contributed by atoms with E-state index in [0.29, 0.717) is 11.6 Å². The quantitative estimate of drug-likeness (QED) is 0.788. The van der Waals surface area contributed by atoms with E-state index >= 15 is 0 Å². The summed E-state index contributed by atoms with van der Waals surface area (Å²) in [6.45, 7) is 9.75. The Balaban J connectivity index is 1.82. The third kappa shape index (κ3) is 2.96. The molecule has 1 atom stereocenters. The first-order valence-corrected chi connectivity index (χ1v) is 6.83. The van der Waals surface area contributed by atoms with Gasteiger partial charge in [-0.25, -0.2) is 0 Å². The predicted molar refractivity (Wildman–Crippen MR) is 66.7 cm³/mol. The molecule has 0 bridgehead atoms. The zero-order valence-electron chi connectivity index (χ0n) is 10.8. The Bertz CT molecular complexity index is 214. The average Bonchev–Trinajstić information content (AvgIpc) is 2.66. The molecule has 3 heteroatoms. The van der Waals surface area contributed by atoms with Gasteiger partial charge in [0.2, 0.25) is 0 Å². The van der Waals surface area contributed by atoms with Gasteiger partial charge in [-0.05, 0) is 26.7 Å². The molecule has 0 radical (unpaired) electrons. The molecule has 2 aliphatic rings. The van der Waals surface area contributed by atoms with Crippen molar-refractivity contribution >= 4 is 0 Å². The Morgan fingerprint density at radius 3 is 2.81 bits per heavy atom. The molecule has 0 aromatic carbocycles. The van der Waals surface area contributed by atoms with Gasteiger partial charge in [-0.2, -0.15) is 0 Å². The molecular formula is C13H26N2O. The van der Waals surface area contributed by atoms with E-state index in [1.165, 1.54) is 38.8 Å². The topological polar surface area (TPSA) is 24.5 Å². The van der Waals surface area contributed by atoms with E-state index in [0.717, 1.165) is 19.7 Å². The van der Waals surface area contributed by atoms with E-state index in [2.05, 4.69) is 24.1 Å². The second-order valence-corrected chi connectivity index (χ2v) is 5.42. The fourth-order valence-corrected chi connectivity index (χ4v) is 3.29. The fraction of sp³-hybridized carbons (Fsp3) is 1.00. The molecule has 94 valence electrons. The standard InChI is InChI=1S/C13H26N2O/c1-3-16-12(2)10-15-9-8-14-13(11-15)6-4-5-7-13/h12,14H,3-11H2,1-2H3. The highest BCUT2D eigenvalue weighted by Gasteiger charge is 2.37. The Morgan fingerprint density at radius 1 is 1.38 bits per heavy atom. The van der Waals surface area contributed by atoms with Crippen LogP contribution >= 0.6 is 0 Å². The summed E-state index contributed by atoms with van der Waals surface area (Å²) >= 11 is 0. The molecule has 0 aromatic heterocycles. The van der Waals surface area contributed by atoms with Crippen LogP contribution in [-0.4, -0.2) is 49.3 Å².